The summed E-state index contributed by atoms with van der Waals surface area (Å²) in [6.07, 6.45) is 12.8. The molecule has 1 N–H and O–H groups in total. The smallest absolute Gasteiger partial charge is 0.0535 e. The average Bonchev–Trinajstić information content (AvgIpc) is 3.22. The number of aromatic amines is 1. The zero-order chi connectivity index (χ0) is 18.8. The largest absolute Gasteiger partial charge is 0.297 e. The van der Waals surface area contributed by atoms with Crippen LogP contribution in [0, 0.1) is 0 Å². The third kappa shape index (κ3) is 3.90. The number of H-pyrrole nitrogens is 1. The van der Waals surface area contributed by atoms with Crippen LogP contribution in [0.1, 0.15) is 73.2 Å². The highest BCUT2D eigenvalue weighted by atomic mass is 15.2. The SMILES string of the molecule is c1ccc2c(c1)CCN(C1CCCN(Cc3cn[nH]c3C3CCCCC3)C1)C2. The zero-order valence-corrected chi connectivity index (χ0v) is 17.1. The van der Waals surface area contributed by atoms with Crippen LogP contribution in [-0.2, 0) is 19.5 Å². The molecule has 2 fully saturated rings. The summed E-state index contributed by atoms with van der Waals surface area (Å²) in [5.74, 6) is 0.713. The number of rotatable bonds is 4. The summed E-state index contributed by atoms with van der Waals surface area (Å²) in [5, 5.41) is 7.80. The monoisotopic (exact) mass is 378 g/mol. The van der Waals surface area contributed by atoms with Gasteiger partial charge in [0.2, 0.25) is 0 Å². The van der Waals surface area contributed by atoms with E-state index in [1.807, 2.05) is 0 Å². The molecule has 0 radical (unpaired) electrons. The van der Waals surface area contributed by atoms with E-state index in [1.165, 1.54) is 82.3 Å². The minimum absolute atomic E-state index is 0.701. The van der Waals surface area contributed by atoms with Gasteiger partial charge in [-0.15, -0.1) is 0 Å². The number of hydrogen-bond acceptors (Lipinski definition) is 3. The molecule has 1 aromatic heterocycles. The van der Waals surface area contributed by atoms with Gasteiger partial charge in [0, 0.05) is 49.4 Å². The second kappa shape index (κ2) is 8.38. The molecule has 4 nitrogen and oxygen atoms in total. The molecular weight excluding hydrogens is 344 g/mol. The van der Waals surface area contributed by atoms with Crippen molar-refractivity contribution in [2.24, 2.45) is 0 Å². The summed E-state index contributed by atoms with van der Waals surface area (Å²) < 4.78 is 0. The first-order valence-electron chi connectivity index (χ1n) is 11.4. The lowest BCUT2D eigenvalue weighted by Gasteiger charge is -2.41. The summed E-state index contributed by atoms with van der Waals surface area (Å²) in [5.41, 5.74) is 5.99. The van der Waals surface area contributed by atoms with Gasteiger partial charge in [0.05, 0.1) is 6.20 Å². The molecule has 1 unspecified atom stereocenters. The number of fused-ring (bicyclic) bond motifs is 1. The van der Waals surface area contributed by atoms with Crippen molar-refractivity contribution in [1.82, 2.24) is 20.0 Å². The van der Waals surface area contributed by atoms with Crippen molar-refractivity contribution in [3.05, 3.63) is 52.8 Å². The van der Waals surface area contributed by atoms with E-state index in [-0.39, 0.29) is 0 Å². The standard InChI is InChI=1S/C24H34N4/c1-2-8-20(9-3-1)24-22(15-25-26-24)16-27-13-6-11-23(18-27)28-14-12-19-7-4-5-10-21(19)17-28/h4-5,7,10,15,20,23H,1-3,6,8-9,11-14,16-18H2,(H,25,26). The fourth-order valence-corrected chi connectivity index (χ4v) is 5.73. The molecule has 3 heterocycles. The highest BCUT2D eigenvalue weighted by Crippen LogP contribution is 2.34. The number of nitrogens with zero attached hydrogens (tertiary/aromatic N) is 3. The molecular formula is C24H34N4. The molecule has 28 heavy (non-hydrogen) atoms. The highest BCUT2D eigenvalue weighted by molar-refractivity contribution is 5.29. The van der Waals surface area contributed by atoms with Crippen LogP contribution in [0.15, 0.2) is 30.5 Å². The van der Waals surface area contributed by atoms with Crippen LogP contribution in [0.25, 0.3) is 0 Å². The van der Waals surface area contributed by atoms with Gasteiger partial charge in [-0.05, 0) is 49.8 Å². The molecule has 2 aliphatic heterocycles. The van der Waals surface area contributed by atoms with Gasteiger partial charge in [0.15, 0.2) is 0 Å². The Morgan fingerprint density at radius 2 is 1.82 bits per heavy atom. The average molecular weight is 379 g/mol. The maximum absolute atomic E-state index is 4.43. The van der Waals surface area contributed by atoms with Crippen LogP contribution in [0.2, 0.25) is 0 Å². The summed E-state index contributed by atoms with van der Waals surface area (Å²) in [4.78, 5) is 5.43. The van der Waals surface area contributed by atoms with Crippen LogP contribution in [0.4, 0.5) is 0 Å². The normalized spacial score (nSPS) is 24.9. The zero-order valence-electron chi connectivity index (χ0n) is 17.1. The van der Waals surface area contributed by atoms with Crippen LogP contribution in [0.5, 0.6) is 0 Å². The Labute approximate surface area is 169 Å². The van der Waals surface area contributed by atoms with E-state index in [0.717, 1.165) is 13.1 Å². The molecule has 2 aromatic rings. The fraction of sp³-hybridized carbons (Fsp3) is 0.625. The number of aromatic nitrogens is 2. The predicted molar refractivity (Wildman–Crippen MR) is 113 cm³/mol. The van der Waals surface area contributed by atoms with Crippen molar-refractivity contribution in [3.63, 3.8) is 0 Å². The first-order valence-corrected chi connectivity index (χ1v) is 11.4. The Morgan fingerprint density at radius 3 is 2.71 bits per heavy atom. The second-order valence-corrected chi connectivity index (χ2v) is 9.16. The minimum Gasteiger partial charge on any atom is -0.297 e. The predicted octanol–water partition coefficient (Wildman–Crippen LogP) is 4.48. The number of nitrogens with one attached hydrogen (secondary N) is 1. The molecule has 1 aromatic carbocycles. The first kappa shape index (κ1) is 18.4. The summed E-state index contributed by atoms with van der Waals surface area (Å²) in [6.45, 7) is 5.86. The van der Waals surface area contributed by atoms with Gasteiger partial charge < -0.3 is 0 Å². The van der Waals surface area contributed by atoms with Gasteiger partial charge in [0.1, 0.15) is 0 Å². The van der Waals surface area contributed by atoms with Gasteiger partial charge in [-0.25, -0.2) is 0 Å². The van der Waals surface area contributed by atoms with Gasteiger partial charge in [-0.1, -0.05) is 43.5 Å². The van der Waals surface area contributed by atoms with E-state index in [1.54, 1.807) is 11.1 Å². The maximum atomic E-state index is 4.43. The van der Waals surface area contributed by atoms with E-state index in [4.69, 9.17) is 0 Å². The van der Waals surface area contributed by atoms with E-state index in [2.05, 4.69) is 50.5 Å². The highest BCUT2D eigenvalue weighted by Gasteiger charge is 2.29. The van der Waals surface area contributed by atoms with Gasteiger partial charge in [-0.2, -0.15) is 5.10 Å². The number of benzene rings is 1. The summed E-state index contributed by atoms with van der Waals surface area (Å²) in [6, 6.07) is 9.72. The van der Waals surface area contributed by atoms with Crippen molar-refractivity contribution < 1.29 is 0 Å². The Morgan fingerprint density at radius 1 is 0.964 bits per heavy atom. The Hall–Kier alpha value is -1.65. The Kier molecular flexibility index (Phi) is 5.50. The van der Waals surface area contributed by atoms with Crippen molar-refractivity contribution in [2.45, 2.75) is 76.4 Å². The maximum Gasteiger partial charge on any atom is 0.0535 e. The quantitative estimate of drug-likeness (QED) is 0.852. The summed E-state index contributed by atoms with van der Waals surface area (Å²) in [7, 11) is 0. The third-order valence-corrected chi connectivity index (χ3v) is 7.32. The Balaban J connectivity index is 1.23. The lowest BCUT2D eigenvalue weighted by atomic mass is 9.85. The third-order valence-electron chi connectivity index (χ3n) is 7.32. The lowest BCUT2D eigenvalue weighted by molar-refractivity contribution is 0.0836. The fourth-order valence-electron chi connectivity index (χ4n) is 5.73. The molecule has 0 bridgehead atoms. The van der Waals surface area contributed by atoms with Crippen LogP contribution < -0.4 is 0 Å². The summed E-state index contributed by atoms with van der Waals surface area (Å²) >= 11 is 0. The number of piperidine rings is 1. The van der Waals surface area contributed by atoms with Crippen molar-refractivity contribution in [1.29, 1.82) is 0 Å². The lowest BCUT2D eigenvalue weighted by Crippen LogP contribution is -2.49. The van der Waals surface area contributed by atoms with Crippen molar-refractivity contribution in [3.8, 4) is 0 Å². The van der Waals surface area contributed by atoms with Gasteiger partial charge >= 0.3 is 0 Å². The minimum atomic E-state index is 0.701. The molecule has 1 saturated heterocycles. The van der Waals surface area contributed by atoms with Crippen molar-refractivity contribution >= 4 is 0 Å². The van der Waals surface area contributed by atoms with Crippen molar-refractivity contribution in [2.75, 3.05) is 19.6 Å². The van der Waals surface area contributed by atoms with E-state index >= 15 is 0 Å². The molecule has 1 aliphatic carbocycles. The van der Waals surface area contributed by atoms with Gasteiger partial charge in [0.25, 0.3) is 0 Å². The molecule has 3 aliphatic rings. The topological polar surface area (TPSA) is 35.2 Å². The van der Waals surface area contributed by atoms with E-state index in [0.29, 0.717) is 12.0 Å². The molecule has 1 atom stereocenters. The van der Waals surface area contributed by atoms with Crippen LogP contribution >= 0.6 is 0 Å². The molecule has 0 amide bonds. The molecule has 1 saturated carbocycles. The second-order valence-electron chi connectivity index (χ2n) is 9.16. The van der Waals surface area contributed by atoms with E-state index in [9.17, 15) is 0 Å². The number of likely N-dealkylation sites (tertiary alicyclic amines) is 1. The van der Waals surface area contributed by atoms with Gasteiger partial charge in [-0.3, -0.25) is 14.9 Å². The Bertz CT molecular complexity index is 776. The van der Waals surface area contributed by atoms with E-state index < -0.39 is 0 Å². The van der Waals surface area contributed by atoms with Crippen LogP contribution in [0.3, 0.4) is 0 Å². The molecule has 4 heteroatoms. The molecule has 0 spiro atoms. The first-order chi connectivity index (χ1) is 13.9. The molecule has 150 valence electrons. The number of hydrogen-bond donors (Lipinski definition) is 1. The molecule has 5 rings (SSSR count). The van der Waals surface area contributed by atoms with Crippen LogP contribution in [-0.4, -0.2) is 45.7 Å².